The van der Waals surface area contributed by atoms with Crippen molar-refractivity contribution in [2.24, 2.45) is 0 Å². The number of benzene rings is 1. The highest BCUT2D eigenvalue weighted by molar-refractivity contribution is 6.22. The molecule has 1 heterocycles. The fourth-order valence-electron chi connectivity index (χ4n) is 3.13. The van der Waals surface area contributed by atoms with Crippen LogP contribution < -0.4 is 5.32 Å². The molecular weight excluding hydrogens is 258 g/mol. The van der Waals surface area contributed by atoms with Crippen LogP contribution in [0.25, 0.3) is 0 Å². The summed E-state index contributed by atoms with van der Waals surface area (Å²) in [6.07, 6.45) is 1.16. The summed E-state index contributed by atoms with van der Waals surface area (Å²) in [5, 5.41) is 2.72. The van der Waals surface area contributed by atoms with E-state index < -0.39 is 11.4 Å². The van der Waals surface area contributed by atoms with Gasteiger partial charge in [-0.25, -0.2) is 0 Å². The number of nitrogens with one attached hydrogen (secondary N) is 1. The number of anilines is 1. The van der Waals surface area contributed by atoms with Crippen molar-refractivity contribution in [2.75, 3.05) is 11.9 Å². The molecule has 0 radical (unpaired) electrons. The van der Waals surface area contributed by atoms with Gasteiger partial charge in [0.1, 0.15) is 0 Å². The highest BCUT2D eigenvalue weighted by Crippen LogP contribution is 2.46. The minimum atomic E-state index is -1.35. The summed E-state index contributed by atoms with van der Waals surface area (Å²) in [7, 11) is 0. The molecule has 1 N–H and O–H groups in total. The lowest BCUT2D eigenvalue weighted by molar-refractivity contribution is -0.153. The molecule has 1 amide bonds. The molecule has 3 rings (SSSR count). The zero-order chi connectivity index (χ0) is 14.3. The third-order valence-corrected chi connectivity index (χ3v) is 4.01. The van der Waals surface area contributed by atoms with Crippen molar-refractivity contribution in [1.29, 1.82) is 0 Å². The SMILES string of the molecule is CCOC(=O)C12CCCC(=O)c3cccc(c31)NC2=O. The van der Waals surface area contributed by atoms with Crippen LogP contribution in [0, 0.1) is 0 Å². The average molecular weight is 273 g/mol. The molecule has 0 spiro atoms. The van der Waals surface area contributed by atoms with E-state index in [1.54, 1.807) is 25.1 Å². The number of rotatable bonds is 2. The summed E-state index contributed by atoms with van der Waals surface area (Å²) in [4.78, 5) is 37.0. The van der Waals surface area contributed by atoms with Crippen LogP contribution in [0.1, 0.15) is 42.1 Å². The van der Waals surface area contributed by atoms with Crippen molar-refractivity contribution in [3.05, 3.63) is 29.3 Å². The van der Waals surface area contributed by atoms with Gasteiger partial charge in [0.25, 0.3) is 0 Å². The first-order valence-electron chi connectivity index (χ1n) is 6.76. The molecule has 104 valence electrons. The van der Waals surface area contributed by atoms with Crippen molar-refractivity contribution < 1.29 is 19.1 Å². The average Bonchev–Trinajstić information content (AvgIpc) is 2.61. The van der Waals surface area contributed by atoms with Gasteiger partial charge in [0.2, 0.25) is 5.91 Å². The van der Waals surface area contributed by atoms with E-state index in [4.69, 9.17) is 4.74 Å². The molecule has 1 atom stereocenters. The van der Waals surface area contributed by atoms with E-state index in [0.717, 1.165) is 0 Å². The number of ether oxygens (including phenoxy) is 1. The van der Waals surface area contributed by atoms with Gasteiger partial charge in [-0.1, -0.05) is 12.1 Å². The van der Waals surface area contributed by atoms with Crippen molar-refractivity contribution >= 4 is 23.3 Å². The monoisotopic (exact) mass is 273 g/mol. The zero-order valence-electron chi connectivity index (χ0n) is 11.2. The van der Waals surface area contributed by atoms with Gasteiger partial charge in [-0.15, -0.1) is 0 Å². The number of hydrogen-bond donors (Lipinski definition) is 1. The van der Waals surface area contributed by atoms with Crippen LogP contribution >= 0.6 is 0 Å². The predicted octanol–water partition coefficient (Wildman–Crippen LogP) is 1.81. The van der Waals surface area contributed by atoms with Gasteiger partial charge in [-0.2, -0.15) is 0 Å². The lowest BCUT2D eigenvalue weighted by Gasteiger charge is -2.24. The molecule has 0 fully saturated rings. The van der Waals surface area contributed by atoms with Crippen LogP contribution in [0.4, 0.5) is 5.69 Å². The molecule has 20 heavy (non-hydrogen) atoms. The van der Waals surface area contributed by atoms with Gasteiger partial charge in [0.05, 0.1) is 6.61 Å². The summed E-state index contributed by atoms with van der Waals surface area (Å²) >= 11 is 0. The predicted molar refractivity (Wildman–Crippen MR) is 71.6 cm³/mol. The molecule has 0 saturated carbocycles. The number of ketones is 1. The van der Waals surface area contributed by atoms with Gasteiger partial charge in [-0.3, -0.25) is 14.4 Å². The quantitative estimate of drug-likeness (QED) is 0.659. The number of hydrogen-bond acceptors (Lipinski definition) is 4. The molecule has 1 aliphatic heterocycles. The highest BCUT2D eigenvalue weighted by Gasteiger charge is 2.56. The van der Waals surface area contributed by atoms with Crippen molar-refractivity contribution in [2.45, 2.75) is 31.6 Å². The first kappa shape index (κ1) is 12.8. The third-order valence-electron chi connectivity index (χ3n) is 4.01. The maximum atomic E-state index is 12.4. The number of Topliss-reactive ketones (excluding diaryl/α,β-unsaturated/α-hetero) is 1. The topological polar surface area (TPSA) is 72.5 Å². The van der Waals surface area contributed by atoms with Gasteiger partial charge in [-0.05, 0) is 25.8 Å². The lowest BCUT2D eigenvalue weighted by atomic mass is 9.77. The van der Waals surface area contributed by atoms with Crippen LogP contribution in [0.3, 0.4) is 0 Å². The Morgan fingerprint density at radius 3 is 2.95 bits per heavy atom. The largest absolute Gasteiger partial charge is 0.465 e. The van der Waals surface area contributed by atoms with E-state index in [1.165, 1.54) is 0 Å². The van der Waals surface area contributed by atoms with Crippen LogP contribution in [0.15, 0.2) is 18.2 Å². The molecule has 0 bridgehead atoms. The Hall–Kier alpha value is -2.17. The Labute approximate surface area is 116 Å². The smallest absolute Gasteiger partial charge is 0.326 e. The first-order chi connectivity index (χ1) is 9.61. The fraction of sp³-hybridized carbons (Fsp3) is 0.400. The van der Waals surface area contributed by atoms with E-state index >= 15 is 0 Å². The molecule has 1 aliphatic carbocycles. The van der Waals surface area contributed by atoms with Gasteiger partial charge in [0.15, 0.2) is 11.2 Å². The number of carbonyl (C=O) groups excluding carboxylic acids is 3. The summed E-state index contributed by atoms with van der Waals surface area (Å²) in [5.74, 6) is -0.962. The van der Waals surface area contributed by atoms with Crippen molar-refractivity contribution in [3.63, 3.8) is 0 Å². The van der Waals surface area contributed by atoms with Gasteiger partial charge >= 0.3 is 5.97 Å². The second kappa shape index (κ2) is 4.44. The van der Waals surface area contributed by atoms with E-state index in [1.807, 2.05) is 0 Å². The number of carbonyl (C=O) groups is 3. The van der Waals surface area contributed by atoms with E-state index in [-0.39, 0.29) is 18.3 Å². The maximum Gasteiger partial charge on any atom is 0.326 e. The number of esters is 1. The normalized spacial score (nSPS) is 23.9. The lowest BCUT2D eigenvalue weighted by Crippen LogP contribution is -2.43. The summed E-state index contributed by atoms with van der Waals surface area (Å²) < 4.78 is 5.12. The Kier molecular flexibility index (Phi) is 2.85. The van der Waals surface area contributed by atoms with Gasteiger partial charge < -0.3 is 10.1 Å². The maximum absolute atomic E-state index is 12.4. The van der Waals surface area contributed by atoms with Crippen molar-refractivity contribution in [1.82, 2.24) is 0 Å². The standard InChI is InChI=1S/C15H15NO4/c1-2-20-14(19)15-8-4-7-11(17)9-5-3-6-10(12(9)15)16-13(15)18/h3,5-6H,2,4,7-8H2,1H3,(H,16,18). The molecule has 0 saturated heterocycles. The third kappa shape index (κ3) is 1.52. The van der Waals surface area contributed by atoms with Crippen LogP contribution in [0.5, 0.6) is 0 Å². The summed E-state index contributed by atoms with van der Waals surface area (Å²) in [6.45, 7) is 1.91. The van der Waals surface area contributed by atoms with Crippen molar-refractivity contribution in [3.8, 4) is 0 Å². The van der Waals surface area contributed by atoms with Crippen LogP contribution in [-0.4, -0.2) is 24.3 Å². The fourth-order valence-corrected chi connectivity index (χ4v) is 3.13. The Morgan fingerprint density at radius 1 is 1.40 bits per heavy atom. The Morgan fingerprint density at radius 2 is 2.20 bits per heavy atom. The molecule has 0 aromatic heterocycles. The Balaban J connectivity index is 2.26. The highest BCUT2D eigenvalue weighted by atomic mass is 16.5. The summed E-state index contributed by atoms with van der Waals surface area (Å²) in [6, 6.07) is 5.12. The molecule has 1 aromatic rings. The molecule has 1 aromatic carbocycles. The molecule has 5 heteroatoms. The van der Waals surface area contributed by atoms with Crippen LogP contribution in [0.2, 0.25) is 0 Å². The van der Waals surface area contributed by atoms with E-state index in [2.05, 4.69) is 5.32 Å². The molecule has 1 unspecified atom stereocenters. The van der Waals surface area contributed by atoms with E-state index in [0.29, 0.717) is 36.1 Å². The van der Waals surface area contributed by atoms with Gasteiger partial charge in [0, 0.05) is 23.2 Å². The second-order valence-electron chi connectivity index (χ2n) is 5.08. The van der Waals surface area contributed by atoms with E-state index in [9.17, 15) is 14.4 Å². The number of amides is 1. The minimum absolute atomic E-state index is 0.0236. The second-order valence-corrected chi connectivity index (χ2v) is 5.08. The summed E-state index contributed by atoms with van der Waals surface area (Å²) in [5.41, 5.74) is 0.168. The minimum Gasteiger partial charge on any atom is -0.465 e. The first-order valence-corrected chi connectivity index (χ1v) is 6.76. The Bertz CT molecular complexity index is 622. The molecule has 5 nitrogen and oxygen atoms in total. The molecule has 2 aliphatic rings. The van der Waals surface area contributed by atoms with Crippen LogP contribution in [-0.2, 0) is 19.7 Å². The zero-order valence-corrected chi connectivity index (χ0v) is 11.2. The molecular formula is C15H15NO4.